The van der Waals surface area contributed by atoms with Gasteiger partial charge in [0.15, 0.2) is 5.76 Å². The third-order valence-electron chi connectivity index (χ3n) is 5.43. The Bertz CT molecular complexity index is 1280. The SMILES string of the molecule is Cc1noc(-c2ccc(-c3ccc(CC(=O)O)cc3)cc2)c1NC(=O)O[C@H](C)c1ccccc1. The number of hydrogen-bond donors (Lipinski definition) is 2. The van der Waals surface area contributed by atoms with Crippen molar-refractivity contribution < 1.29 is 24.0 Å². The zero-order chi connectivity index (χ0) is 24.1. The average Bonchev–Trinajstić information content (AvgIpc) is 3.19. The zero-order valence-electron chi connectivity index (χ0n) is 18.8. The van der Waals surface area contributed by atoms with Gasteiger partial charge in [-0.15, -0.1) is 0 Å². The van der Waals surface area contributed by atoms with Gasteiger partial charge in [-0.3, -0.25) is 10.1 Å². The number of nitrogens with zero attached hydrogens (tertiary/aromatic N) is 1. The Balaban J connectivity index is 1.48. The minimum absolute atomic E-state index is 0.00754. The Morgan fingerprint density at radius 2 is 1.53 bits per heavy atom. The van der Waals surface area contributed by atoms with E-state index in [-0.39, 0.29) is 6.42 Å². The third-order valence-corrected chi connectivity index (χ3v) is 5.43. The summed E-state index contributed by atoms with van der Waals surface area (Å²) >= 11 is 0. The molecule has 1 aromatic heterocycles. The molecule has 0 aliphatic heterocycles. The number of carbonyl (C=O) groups is 2. The Kier molecular flexibility index (Phi) is 6.73. The molecule has 0 aliphatic rings. The topological polar surface area (TPSA) is 102 Å². The van der Waals surface area contributed by atoms with Crippen LogP contribution in [0.1, 0.15) is 29.8 Å². The predicted octanol–water partition coefficient (Wildman–Crippen LogP) is 6.25. The molecule has 1 heterocycles. The van der Waals surface area contributed by atoms with E-state index in [1.54, 1.807) is 19.1 Å². The number of amides is 1. The molecule has 3 aromatic carbocycles. The van der Waals surface area contributed by atoms with Gasteiger partial charge in [-0.2, -0.15) is 0 Å². The van der Waals surface area contributed by atoms with E-state index in [0.717, 1.165) is 27.8 Å². The van der Waals surface area contributed by atoms with Gasteiger partial charge in [-0.05, 0) is 36.1 Å². The number of ether oxygens (including phenoxy) is 1. The van der Waals surface area contributed by atoms with E-state index >= 15 is 0 Å². The molecule has 0 unspecified atom stereocenters. The highest BCUT2D eigenvalue weighted by molar-refractivity contribution is 5.91. The van der Waals surface area contributed by atoms with Crippen LogP contribution in [-0.2, 0) is 16.0 Å². The van der Waals surface area contributed by atoms with Crippen LogP contribution in [0.3, 0.4) is 0 Å². The summed E-state index contributed by atoms with van der Waals surface area (Å²) in [4.78, 5) is 23.4. The normalized spacial score (nSPS) is 11.6. The van der Waals surface area contributed by atoms with Crippen molar-refractivity contribution in [1.29, 1.82) is 0 Å². The number of carboxylic acids is 1. The van der Waals surface area contributed by atoms with E-state index in [0.29, 0.717) is 17.1 Å². The molecule has 4 rings (SSSR count). The van der Waals surface area contributed by atoms with Gasteiger partial charge in [0.25, 0.3) is 0 Å². The first kappa shape index (κ1) is 22.8. The van der Waals surface area contributed by atoms with Gasteiger partial charge in [-0.25, -0.2) is 4.79 Å². The van der Waals surface area contributed by atoms with Crippen molar-refractivity contribution >= 4 is 17.7 Å². The number of aliphatic carboxylic acids is 1. The lowest BCUT2D eigenvalue weighted by Gasteiger charge is -2.14. The van der Waals surface area contributed by atoms with E-state index in [4.69, 9.17) is 14.4 Å². The smallest absolute Gasteiger partial charge is 0.412 e. The number of carbonyl (C=O) groups excluding carboxylic acids is 1. The minimum Gasteiger partial charge on any atom is -0.481 e. The van der Waals surface area contributed by atoms with Crippen LogP contribution in [-0.4, -0.2) is 22.3 Å². The largest absolute Gasteiger partial charge is 0.481 e. The number of aromatic nitrogens is 1. The second-order valence-corrected chi connectivity index (χ2v) is 7.90. The van der Waals surface area contributed by atoms with Gasteiger partial charge in [0.05, 0.1) is 6.42 Å². The van der Waals surface area contributed by atoms with Gasteiger partial charge in [0.2, 0.25) is 0 Å². The molecule has 2 N–H and O–H groups in total. The fourth-order valence-electron chi connectivity index (χ4n) is 3.60. The van der Waals surface area contributed by atoms with Crippen LogP contribution >= 0.6 is 0 Å². The molecule has 172 valence electrons. The Morgan fingerprint density at radius 3 is 2.15 bits per heavy atom. The van der Waals surface area contributed by atoms with E-state index in [1.165, 1.54) is 0 Å². The number of carboxylic acid groups (broad SMARTS) is 1. The molecule has 0 fully saturated rings. The maximum Gasteiger partial charge on any atom is 0.412 e. The van der Waals surface area contributed by atoms with Gasteiger partial charge < -0.3 is 14.4 Å². The highest BCUT2D eigenvalue weighted by Crippen LogP contribution is 2.33. The summed E-state index contributed by atoms with van der Waals surface area (Å²) in [6.07, 6.45) is -1.01. The molecule has 34 heavy (non-hydrogen) atoms. The third kappa shape index (κ3) is 5.32. The number of nitrogens with one attached hydrogen (secondary N) is 1. The number of aryl methyl sites for hydroxylation is 1. The summed E-state index contributed by atoms with van der Waals surface area (Å²) in [6, 6.07) is 24.5. The number of benzene rings is 3. The van der Waals surface area contributed by atoms with Crippen molar-refractivity contribution in [3.63, 3.8) is 0 Å². The summed E-state index contributed by atoms with van der Waals surface area (Å²) in [5, 5.41) is 15.7. The van der Waals surface area contributed by atoms with Crippen LogP contribution in [0.5, 0.6) is 0 Å². The van der Waals surface area contributed by atoms with E-state index in [1.807, 2.05) is 73.7 Å². The minimum atomic E-state index is -0.859. The second-order valence-electron chi connectivity index (χ2n) is 7.90. The molecule has 7 heteroatoms. The van der Waals surface area contributed by atoms with Crippen molar-refractivity contribution in [2.24, 2.45) is 0 Å². The molecule has 1 amide bonds. The number of rotatable bonds is 7. The van der Waals surface area contributed by atoms with Crippen LogP contribution in [0.25, 0.3) is 22.5 Å². The monoisotopic (exact) mass is 456 g/mol. The van der Waals surface area contributed by atoms with E-state index in [2.05, 4.69) is 10.5 Å². The Labute approximate surface area is 197 Å². The number of anilines is 1. The first-order valence-corrected chi connectivity index (χ1v) is 10.8. The first-order chi connectivity index (χ1) is 16.4. The molecule has 0 saturated heterocycles. The molecule has 0 bridgehead atoms. The van der Waals surface area contributed by atoms with Crippen LogP contribution in [0, 0.1) is 6.92 Å². The van der Waals surface area contributed by atoms with Crippen LogP contribution < -0.4 is 5.32 Å². The lowest BCUT2D eigenvalue weighted by molar-refractivity contribution is -0.136. The standard InChI is InChI=1S/C27H24N2O5/c1-17-25(28-27(32)33-18(2)20-6-4-3-5-7-20)26(34-29-17)23-14-12-22(13-15-23)21-10-8-19(9-11-21)16-24(30)31/h3-15,18H,16H2,1-2H3,(H,28,32)(H,30,31)/t18-/m1/s1. The highest BCUT2D eigenvalue weighted by atomic mass is 16.6. The molecular formula is C27H24N2O5. The van der Waals surface area contributed by atoms with Crippen molar-refractivity contribution in [1.82, 2.24) is 5.16 Å². The van der Waals surface area contributed by atoms with Gasteiger partial charge >= 0.3 is 12.1 Å². The molecule has 0 saturated carbocycles. The number of hydrogen-bond acceptors (Lipinski definition) is 5. The lowest BCUT2D eigenvalue weighted by atomic mass is 10.0. The van der Waals surface area contributed by atoms with E-state index in [9.17, 15) is 9.59 Å². The summed E-state index contributed by atoms with van der Waals surface area (Å²) in [6.45, 7) is 3.56. The zero-order valence-corrected chi connectivity index (χ0v) is 18.8. The fourth-order valence-corrected chi connectivity index (χ4v) is 3.60. The van der Waals surface area contributed by atoms with Crippen LogP contribution in [0.4, 0.5) is 10.5 Å². The Hall–Kier alpha value is -4.39. The summed E-state index contributed by atoms with van der Waals surface area (Å²) in [5.41, 5.74) is 5.31. The summed E-state index contributed by atoms with van der Waals surface area (Å²) in [7, 11) is 0. The maximum atomic E-state index is 12.5. The van der Waals surface area contributed by atoms with Gasteiger partial charge in [0, 0.05) is 5.56 Å². The van der Waals surface area contributed by atoms with Gasteiger partial charge in [0.1, 0.15) is 17.5 Å². The van der Waals surface area contributed by atoms with Crippen molar-refractivity contribution in [3.8, 4) is 22.5 Å². The van der Waals surface area contributed by atoms with Crippen LogP contribution in [0.2, 0.25) is 0 Å². The Morgan fingerprint density at radius 1 is 0.941 bits per heavy atom. The van der Waals surface area contributed by atoms with Gasteiger partial charge in [-0.1, -0.05) is 84.0 Å². The molecule has 0 radical (unpaired) electrons. The highest BCUT2D eigenvalue weighted by Gasteiger charge is 2.20. The lowest BCUT2D eigenvalue weighted by Crippen LogP contribution is -2.16. The molecule has 1 atom stereocenters. The quantitative estimate of drug-likeness (QED) is 0.341. The van der Waals surface area contributed by atoms with Crippen molar-refractivity contribution in [2.45, 2.75) is 26.4 Å². The molecule has 7 nitrogen and oxygen atoms in total. The molecular weight excluding hydrogens is 432 g/mol. The van der Waals surface area contributed by atoms with Crippen molar-refractivity contribution in [3.05, 3.63) is 95.7 Å². The predicted molar refractivity (Wildman–Crippen MR) is 128 cm³/mol. The first-order valence-electron chi connectivity index (χ1n) is 10.8. The average molecular weight is 456 g/mol. The van der Waals surface area contributed by atoms with Crippen molar-refractivity contribution in [2.75, 3.05) is 5.32 Å². The molecule has 0 aliphatic carbocycles. The summed E-state index contributed by atoms with van der Waals surface area (Å²) in [5.74, 6) is -0.424. The fraction of sp³-hybridized carbons (Fsp3) is 0.148. The van der Waals surface area contributed by atoms with E-state index < -0.39 is 18.2 Å². The maximum absolute atomic E-state index is 12.5. The summed E-state index contributed by atoms with van der Waals surface area (Å²) < 4.78 is 11.0. The second kappa shape index (κ2) is 10.0. The molecule has 4 aromatic rings. The van der Waals surface area contributed by atoms with Crippen LogP contribution in [0.15, 0.2) is 83.4 Å². The molecule has 0 spiro atoms.